The smallest absolute Gasteiger partial charge is 0.0623 e. The molecular weight excluding hydrogens is 939 g/mol. The Kier molecular flexibility index (Phi) is 8.57. The lowest BCUT2D eigenvalue weighted by Crippen LogP contribution is -2.23. The molecule has 0 saturated carbocycles. The average Bonchev–Trinajstić information content (AvgIpc) is 4.27. The second-order valence-electron chi connectivity index (χ2n) is 20.9. The van der Waals surface area contributed by atoms with E-state index in [1.54, 1.807) is 0 Å². The van der Waals surface area contributed by atoms with Crippen LogP contribution in [0, 0.1) is 0 Å². The molecule has 3 nitrogen and oxygen atoms in total. The van der Waals surface area contributed by atoms with Crippen LogP contribution in [0.4, 0.5) is 17.1 Å². The predicted molar refractivity (Wildman–Crippen MR) is 322 cm³/mol. The Morgan fingerprint density at radius 1 is 0.355 bits per heavy atom. The number of aromatic nitrogens is 2. The van der Waals surface area contributed by atoms with Crippen molar-refractivity contribution in [3.63, 3.8) is 0 Å². The quantitative estimate of drug-likeness (QED) is 0.162. The Morgan fingerprint density at radius 2 is 0.987 bits per heavy atom. The maximum atomic E-state index is 2.60. The summed E-state index contributed by atoms with van der Waals surface area (Å²) < 4.78 is 7.57. The van der Waals surface area contributed by atoms with Crippen LogP contribution in [0.5, 0.6) is 0 Å². The molecule has 17 rings (SSSR count). The van der Waals surface area contributed by atoms with Crippen LogP contribution < -0.4 is 4.90 Å². The van der Waals surface area contributed by atoms with Gasteiger partial charge in [0.1, 0.15) is 0 Å². The van der Waals surface area contributed by atoms with Crippen molar-refractivity contribution in [3.8, 4) is 44.8 Å². The van der Waals surface area contributed by atoms with Crippen molar-refractivity contribution < 1.29 is 0 Å². The molecule has 1 aliphatic carbocycles. The first-order valence-corrected chi connectivity index (χ1v) is 27.1. The van der Waals surface area contributed by atoms with Crippen LogP contribution in [0.1, 0.15) is 23.6 Å². The first-order chi connectivity index (χ1) is 37.6. The van der Waals surface area contributed by atoms with Crippen LogP contribution in [-0.2, 0) is 5.41 Å². The van der Waals surface area contributed by atoms with Gasteiger partial charge < -0.3 is 14.0 Å². The van der Waals surface area contributed by atoms with E-state index in [2.05, 4.69) is 276 Å². The van der Waals surface area contributed by atoms with Crippen molar-refractivity contribution in [2.24, 2.45) is 0 Å². The summed E-state index contributed by atoms with van der Waals surface area (Å²) in [5, 5.41) is 10.1. The fraction of sp³-hybridized carbons (Fsp3) is 0.0278. The van der Waals surface area contributed by atoms with E-state index < -0.39 is 0 Å². The van der Waals surface area contributed by atoms with Gasteiger partial charge in [-0.25, -0.2) is 0 Å². The highest BCUT2D eigenvalue weighted by Gasteiger charge is 2.45. The van der Waals surface area contributed by atoms with Crippen molar-refractivity contribution >= 4 is 103 Å². The highest BCUT2D eigenvalue weighted by molar-refractivity contribution is 7.25. The van der Waals surface area contributed by atoms with Crippen molar-refractivity contribution in [3.05, 3.63) is 271 Å². The number of anilines is 3. The summed E-state index contributed by atoms with van der Waals surface area (Å²) in [4.78, 5) is 2.46. The number of rotatable bonds is 6. The van der Waals surface area contributed by atoms with Crippen molar-refractivity contribution in [1.29, 1.82) is 0 Å². The summed E-state index contributed by atoms with van der Waals surface area (Å²) in [6, 6.07) is 95.4. The molecule has 0 bridgehead atoms. The van der Waals surface area contributed by atoms with Gasteiger partial charge in [0.25, 0.3) is 0 Å². The van der Waals surface area contributed by atoms with E-state index in [0.717, 1.165) is 28.3 Å². The van der Waals surface area contributed by atoms with Gasteiger partial charge in [0.15, 0.2) is 0 Å². The Morgan fingerprint density at radius 3 is 1.92 bits per heavy atom. The van der Waals surface area contributed by atoms with E-state index in [4.69, 9.17) is 0 Å². The second kappa shape index (κ2) is 15.5. The molecule has 4 heteroatoms. The molecule has 1 aliphatic heterocycles. The fourth-order valence-corrected chi connectivity index (χ4v) is 14.9. The lowest BCUT2D eigenvalue weighted by atomic mass is 9.72. The molecule has 1 atom stereocenters. The van der Waals surface area contributed by atoms with Crippen LogP contribution in [-0.4, -0.2) is 9.13 Å². The number of hydrogen-bond acceptors (Lipinski definition) is 2. The molecule has 1 unspecified atom stereocenters. The lowest BCUT2D eigenvalue weighted by Gasteiger charge is -2.30. The summed E-state index contributed by atoms with van der Waals surface area (Å²) in [5.74, 6) is 0. The van der Waals surface area contributed by atoms with E-state index in [0.29, 0.717) is 0 Å². The normalized spacial score (nSPS) is 14.4. The monoisotopic (exact) mass is 983 g/mol. The van der Waals surface area contributed by atoms with Gasteiger partial charge in [0, 0.05) is 81.0 Å². The summed E-state index contributed by atoms with van der Waals surface area (Å²) in [6.07, 6.45) is 0. The fourth-order valence-electron chi connectivity index (χ4n) is 13.7. The van der Waals surface area contributed by atoms with Gasteiger partial charge in [-0.05, 0) is 136 Å². The number of hydrogen-bond donors (Lipinski definition) is 0. The summed E-state index contributed by atoms with van der Waals surface area (Å²) >= 11 is 1.86. The predicted octanol–water partition coefficient (Wildman–Crippen LogP) is 19.9. The highest BCUT2D eigenvalue weighted by atomic mass is 32.1. The third-order valence-electron chi connectivity index (χ3n) is 17.1. The Balaban J connectivity index is 0.876. The van der Waals surface area contributed by atoms with E-state index in [1.807, 2.05) is 11.3 Å². The molecule has 354 valence electrons. The van der Waals surface area contributed by atoms with Crippen LogP contribution in [0.25, 0.3) is 119 Å². The standard InChI is InChI=1S/C72H45N3S/c1-72(60-27-14-17-44-16-5-6-22-51(44)60)61-28-15-26-57-52-23-7-11-30-64(52)75-66-41-46(32-35-54(66)58-37-38-62(72)70(69(57)61)71(58)75)45-18-13-21-48(40-45)73(50-33-36-56-55-25-9-12-31-67(55)76-68(56)43-50)49-34-39-65-59(42-49)53-24-8-10-29-63(53)74(65)47-19-3-2-4-20-47/h2-43H,1H3. The zero-order valence-electron chi connectivity index (χ0n) is 41.5. The number of benzene rings is 12. The molecule has 76 heavy (non-hydrogen) atoms. The summed E-state index contributed by atoms with van der Waals surface area (Å²) in [5.41, 5.74) is 21.9. The third kappa shape index (κ3) is 5.66. The highest BCUT2D eigenvalue weighted by Crippen LogP contribution is 2.61. The topological polar surface area (TPSA) is 13.1 Å². The molecule has 0 spiro atoms. The van der Waals surface area contributed by atoms with Crippen molar-refractivity contribution in [1.82, 2.24) is 9.13 Å². The maximum absolute atomic E-state index is 2.60. The van der Waals surface area contributed by atoms with Crippen LogP contribution in [0.15, 0.2) is 255 Å². The maximum Gasteiger partial charge on any atom is 0.0623 e. The first-order valence-electron chi connectivity index (χ1n) is 26.3. The minimum absolute atomic E-state index is 0.369. The van der Waals surface area contributed by atoms with Crippen molar-refractivity contribution in [2.45, 2.75) is 12.3 Å². The van der Waals surface area contributed by atoms with E-state index in [-0.39, 0.29) is 5.41 Å². The largest absolute Gasteiger partial charge is 0.310 e. The van der Waals surface area contributed by atoms with Crippen LogP contribution in [0.2, 0.25) is 0 Å². The van der Waals surface area contributed by atoms with Gasteiger partial charge in [-0.15, -0.1) is 11.3 Å². The Bertz CT molecular complexity index is 4970. The molecule has 0 N–H and O–H groups in total. The zero-order chi connectivity index (χ0) is 49.8. The van der Waals surface area contributed by atoms with E-state index in [1.165, 1.54) is 125 Å². The molecule has 0 fully saturated rings. The average molecular weight is 984 g/mol. The number of fused-ring (bicyclic) bond motifs is 13. The van der Waals surface area contributed by atoms with E-state index in [9.17, 15) is 0 Å². The lowest BCUT2D eigenvalue weighted by molar-refractivity contribution is 0.721. The molecule has 0 saturated heterocycles. The van der Waals surface area contributed by atoms with Crippen LogP contribution >= 0.6 is 11.3 Å². The second-order valence-corrected chi connectivity index (χ2v) is 22.0. The molecule has 12 aromatic carbocycles. The number of para-hydroxylation sites is 3. The van der Waals surface area contributed by atoms with Gasteiger partial charge in [-0.1, -0.05) is 176 Å². The van der Waals surface area contributed by atoms with Crippen LogP contribution in [0.3, 0.4) is 0 Å². The van der Waals surface area contributed by atoms with Gasteiger partial charge in [-0.2, -0.15) is 0 Å². The molecule has 2 aliphatic rings. The molecule has 4 heterocycles. The molecule has 15 aromatic rings. The molecule has 0 radical (unpaired) electrons. The minimum atomic E-state index is -0.369. The molecule has 3 aromatic heterocycles. The van der Waals surface area contributed by atoms with E-state index >= 15 is 0 Å². The molecule has 0 amide bonds. The number of nitrogens with zero attached hydrogens (tertiary/aromatic N) is 3. The van der Waals surface area contributed by atoms with Gasteiger partial charge in [0.2, 0.25) is 0 Å². The summed E-state index contributed by atoms with van der Waals surface area (Å²) in [6.45, 7) is 2.46. The Hall–Kier alpha value is -9.48. The van der Waals surface area contributed by atoms with Gasteiger partial charge in [-0.3, -0.25) is 0 Å². The summed E-state index contributed by atoms with van der Waals surface area (Å²) in [7, 11) is 0. The third-order valence-corrected chi connectivity index (χ3v) is 18.2. The zero-order valence-corrected chi connectivity index (χ0v) is 42.3. The Labute approximate surface area is 443 Å². The number of thiophene rings is 1. The minimum Gasteiger partial charge on any atom is -0.310 e. The van der Waals surface area contributed by atoms with Gasteiger partial charge in [0.05, 0.1) is 27.8 Å². The SMILES string of the molecule is CC1(c2cccc3ccccc23)c2cccc3c2-c2c1ccc1c4ccc(-c5cccc(N(c6ccc7c(c6)sc6ccccc67)c6ccc7c(c6)c6ccccc6n7-c6ccccc6)c5)cc4n(c21)-c1ccccc1-3. The van der Waals surface area contributed by atoms with Gasteiger partial charge >= 0.3 is 0 Å². The first kappa shape index (κ1) is 41.9. The van der Waals surface area contributed by atoms with Crippen molar-refractivity contribution in [2.75, 3.05) is 4.90 Å². The molecular formula is C72H45N3S.